The summed E-state index contributed by atoms with van der Waals surface area (Å²) in [5, 5.41) is 3.89. The molecule has 6 heteroatoms. The minimum absolute atomic E-state index is 0.0886. The van der Waals surface area contributed by atoms with Crippen LogP contribution in [0.4, 0.5) is 17.6 Å². The van der Waals surface area contributed by atoms with Crippen molar-refractivity contribution >= 4 is 0 Å². The molecule has 0 aromatic carbocycles. The minimum Gasteiger partial charge on any atom is -0.271 e. The van der Waals surface area contributed by atoms with Gasteiger partial charge in [-0.1, -0.05) is 0 Å². The highest BCUT2D eigenvalue weighted by molar-refractivity contribution is 5.20. The van der Waals surface area contributed by atoms with Gasteiger partial charge in [0.1, 0.15) is 5.69 Å². The Hall–Kier alpha value is -1.07. The van der Waals surface area contributed by atoms with E-state index in [-0.39, 0.29) is 12.1 Å². The zero-order chi connectivity index (χ0) is 14.1. The molecule has 0 spiro atoms. The summed E-state index contributed by atoms with van der Waals surface area (Å²) < 4.78 is 54.9. The lowest BCUT2D eigenvalue weighted by molar-refractivity contribution is -0.0159. The van der Waals surface area contributed by atoms with Crippen molar-refractivity contribution in [3.05, 3.63) is 17.5 Å². The molecule has 0 saturated heterocycles. The monoisotopic (exact) mass is 276 g/mol. The summed E-state index contributed by atoms with van der Waals surface area (Å²) in [6.45, 7) is 2.69. The van der Waals surface area contributed by atoms with Gasteiger partial charge in [0.25, 0.3) is 11.8 Å². The van der Waals surface area contributed by atoms with E-state index in [9.17, 15) is 17.6 Å². The van der Waals surface area contributed by atoms with Crippen molar-refractivity contribution in [2.45, 2.75) is 51.5 Å². The zero-order valence-electron chi connectivity index (χ0n) is 10.9. The van der Waals surface area contributed by atoms with Crippen LogP contribution < -0.4 is 0 Å². The molecule has 0 bridgehead atoms. The zero-order valence-corrected chi connectivity index (χ0v) is 10.9. The van der Waals surface area contributed by atoms with Gasteiger partial charge < -0.3 is 0 Å². The first-order valence-corrected chi connectivity index (χ1v) is 6.44. The second-order valence-corrected chi connectivity index (χ2v) is 6.13. The Labute approximate surface area is 108 Å². The summed E-state index contributed by atoms with van der Waals surface area (Å²) in [5.41, 5.74) is -0.265. The van der Waals surface area contributed by atoms with Gasteiger partial charge in [0, 0.05) is 32.0 Å². The molecule has 0 amide bonds. The number of rotatable bonds is 3. The molecular weight excluding hydrogens is 260 g/mol. The smallest absolute Gasteiger partial charge is 0.271 e. The predicted octanol–water partition coefficient (Wildman–Crippen LogP) is 3.74. The van der Waals surface area contributed by atoms with Crippen LogP contribution in [0, 0.1) is 18.3 Å². The third-order valence-corrected chi connectivity index (χ3v) is 4.49. The van der Waals surface area contributed by atoms with E-state index in [1.54, 1.807) is 6.92 Å². The molecule has 2 fully saturated rings. The van der Waals surface area contributed by atoms with Crippen molar-refractivity contribution in [1.82, 2.24) is 9.78 Å². The Balaban J connectivity index is 1.80. The Morgan fingerprint density at radius 2 is 2.11 bits per heavy atom. The second kappa shape index (κ2) is 3.52. The van der Waals surface area contributed by atoms with Gasteiger partial charge in [0.15, 0.2) is 0 Å². The average Bonchev–Trinajstić information content (AvgIpc) is 2.77. The van der Waals surface area contributed by atoms with Gasteiger partial charge in [-0.2, -0.15) is 13.9 Å². The molecule has 2 saturated carbocycles. The van der Waals surface area contributed by atoms with Gasteiger partial charge in [-0.25, -0.2) is 8.78 Å². The maximum atomic E-state index is 13.5. The molecule has 1 aromatic heterocycles. The second-order valence-electron chi connectivity index (χ2n) is 6.13. The summed E-state index contributed by atoms with van der Waals surface area (Å²) >= 11 is 0. The topological polar surface area (TPSA) is 17.8 Å². The first-order chi connectivity index (χ1) is 8.64. The molecule has 1 heterocycles. The van der Waals surface area contributed by atoms with Gasteiger partial charge in [0.2, 0.25) is 0 Å². The van der Waals surface area contributed by atoms with Gasteiger partial charge in [-0.05, 0) is 30.7 Å². The van der Waals surface area contributed by atoms with Crippen LogP contribution in [0.1, 0.15) is 37.4 Å². The van der Waals surface area contributed by atoms with E-state index in [0.29, 0.717) is 24.9 Å². The van der Waals surface area contributed by atoms with E-state index < -0.39 is 23.2 Å². The number of alkyl halides is 4. The van der Waals surface area contributed by atoms with Crippen LogP contribution in [0.3, 0.4) is 0 Å². The van der Waals surface area contributed by atoms with E-state index >= 15 is 0 Å². The third kappa shape index (κ3) is 1.96. The molecule has 2 aliphatic rings. The fourth-order valence-corrected chi connectivity index (χ4v) is 3.42. The number of halogens is 4. The lowest BCUT2D eigenvalue weighted by Gasteiger charge is -2.11. The fraction of sp³-hybridized carbons (Fsp3) is 0.769. The molecule has 106 valence electrons. The Morgan fingerprint density at radius 1 is 1.42 bits per heavy atom. The van der Waals surface area contributed by atoms with Crippen molar-refractivity contribution in [3.63, 3.8) is 0 Å². The van der Waals surface area contributed by atoms with Crippen molar-refractivity contribution < 1.29 is 17.6 Å². The Bertz CT molecular complexity index is 517. The number of hydrogen-bond donors (Lipinski definition) is 0. The molecule has 0 aliphatic heterocycles. The molecule has 0 N–H and O–H groups in total. The van der Waals surface area contributed by atoms with E-state index in [4.69, 9.17) is 0 Å². The summed E-state index contributed by atoms with van der Waals surface area (Å²) in [6.07, 6.45) is 2.39. The largest absolute Gasteiger partial charge is 0.289 e. The van der Waals surface area contributed by atoms with Crippen LogP contribution in [0.25, 0.3) is 0 Å². The highest BCUT2D eigenvalue weighted by Gasteiger charge is 2.70. The molecule has 2 aliphatic carbocycles. The van der Waals surface area contributed by atoms with E-state index in [1.165, 1.54) is 10.9 Å². The minimum atomic E-state index is -2.99. The predicted molar refractivity (Wildman–Crippen MR) is 61.3 cm³/mol. The van der Waals surface area contributed by atoms with Crippen LogP contribution in [0.15, 0.2) is 6.20 Å². The molecule has 2 unspecified atom stereocenters. The summed E-state index contributed by atoms with van der Waals surface area (Å²) in [6, 6.07) is 0. The highest BCUT2D eigenvalue weighted by atomic mass is 19.3. The van der Waals surface area contributed by atoms with Crippen molar-refractivity contribution in [3.8, 4) is 0 Å². The van der Waals surface area contributed by atoms with Crippen LogP contribution in [-0.2, 0) is 12.5 Å². The van der Waals surface area contributed by atoms with Crippen molar-refractivity contribution in [1.29, 1.82) is 0 Å². The van der Waals surface area contributed by atoms with Crippen molar-refractivity contribution in [2.24, 2.45) is 11.3 Å². The molecule has 2 atom stereocenters. The third-order valence-electron chi connectivity index (χ3n) is 4.49. The normalized spacial score (nSPS) is 32.4. The van der Waals surface area contributed by atoms with E-state index in [2.05, 4.69) is 5.10 Å². The maximum absolute atomic E-state index is 13.5. The van der Waals surface area contributed by atoms with Crippen LogP contribution in [0.2, 0.25) is 0 Å². The van der Waals surface area contributed by atoms with Gasteiger partial charge in [-0.15, -0.1) is 0 Å². The average molecular weight is 276 g/mol. The SMILES string of the molecule is Cc1cn(CC23CCC(F)(F)C2C3)nc1C(C)(F)F. The van der Waals surface area contributed by atoms with Crippen molar-refractivity contribution in [2.75, 3.05) is 0 Å². The Kier molecular flexibility index (Phi) is 2.40. The van der Waals surface area contributed by atoms with Gasteiger partial charge in [0.05, 0.1) is 0 Å². The quantitative estimate of drug-likeness (QED) is 0.769. The number of fused-ring (bicyclic) bond motifs is 1. The number of nitrogens with zero attached hydrogens (tertiary/aromatic N) is 2. The number of aromatic nitrogens is 2. The lowest BCUT2D eigenvalue weighted by atomic mass is 10.0. The first kappa shape index (κ1) is 12.9. The Morgan fingerprint density at radius 3 is 2.53 bits per heavy atom. The molecule has 0 radical (unpaired) electrons. The molecule has 1 aromatic rings. The number of aryl methyl sites for hydroxylation is 1. The summed E-state index contributed by atoms with van der Waals surface area (Å²) in [4.78, 5) is 0. The summed E-state index contributed by atoms with van der Waals surface area (Å²) in [7, 11) is 0. The summed E-state index contributed by atoms with van der Waals surface area (Å²) in [5.74, 6) is -6.16. The van der Waals surface area contributed by atoms with Crippen LogP contribution >= 0.6 is 0 Å². The van der Waals surface area contributed by atoms with Crippen LogP contribution in [0.5, 0.6) is 0 Å². The number of hydrogen-bond acceptors (Lipinski definition) is 1. The van der Waals surface area contributed by atoms with E-state index in [1.807, 2.05) is 0 Å². The molecule has 2 nitrogen and oxygen atoms in total. The standard InChI is InChI=1S/C13H16F4N2/c1-8-6-19(18-10(8)11(2,14)15)7-12-3-4-13(16,17)9(12)5-12/h6,9H,3-5,7H2,1-2H3. The highest BCUT2D eigenvalue weighted by Crippen LogP contribution is 2.70. The fourth-order valence-electron chi connectivity index (χ4n) is 3.42. The first-order valence-electron chi connectivity index (χ1n) is 6.44. The van der Waals surface area contributed by atoms with Gasteiger partial charge >= 0.3 is 0 Å². The molecule has 19 heavy (non-hydrogen) atoms. The molecular formula is C13H16F4N2. The van der Waals surface area contributed by atoms with E-state index in [0.717, 1.165) is 6.92 Å². The van der Waals surface area contributed by atoms with Gasteiger partial charge in [-0.3, -0.25) is 4.68 Å². The lowest BCUT2D eigenvalue weighted by Crippen LogP contribution is -2.16. The molecule has 3 rings (SSSR count). The maximum Gasteiger partial charge on any atom is 0.289 e. The van der Waals surface area contributed by atoms with Crippen LogP contribution in [-0.4, -0.2) is 15.7 Å².